The molecule has 1 fully saturated rings. The van der Waals surface area contributed by atoms with Crippen LogP contribution in [0.1, 0.15) is 25.3 Å². The summed E-state index contributed by atoms with van der Waals surface area (Å²) in [6, 6.07) is 6.82. The average Bonchev–Trinajstić information content (AvgIpc) is 2.71. The van der Waals surface area contributed by atoms with Crippen LogP contribution in [0.5, 0.6) is 5.75 Å². The lowest BCUT2D eigenvalue weighted by Crippen LogP contribution is -2.41. The van der Waals surface area contributed by atoms with E-state index in [2.05, 4.69) is 5.32 Å². The van der Waals surface area contributed by atoms with Gasteiger partial charge in [0.2, 0.25) is 0 Å². The van der Waals surface area contributed by atoms with Crippen LogP contribution in [-0.4, -0.2) is 37.0 Å². The van der Waals surface area contributed by atoms with Gasteiger partial charge in [-0.1, -0.05) is 12.1 Å². The number of amides is 3. The van der Waals surface area contributed by atoms with Crippen molar-refractivity contribution in [2.75, 3.05) is 20.2 Å². The van der Waals surface area contributed by atoms with E-state index in [0.717, 1.165) is 6.42 Å². The van der Waals surface area contributed by atoms with Gasteiger partial charge >= 0.3 is 6.03 Å². The summed E-state index contributed by atoms with van der Waals surface area (Å²) in [7, 11) is 1.57. The molecule has 6 nitrogen and oxygen atoms in total. The number of ether oxygens (including phenoxy) is 1. The van der Waals surface area contributed by atoms with Crippen LogP contribution in [-0.2, 0) is 10.3 Å². The molecule has 1 atom stereocenters. The molecule has 1 aromatic rings. The normalized spacial score (nSPS) is 21.6. The maximum Gasteiger partial charge on any atom is 0.325 e. The first-order valence-electron chi connectivity index (χ1n) is 7.01. The summed E-state index contributed by atoms with van der Waals surface area (Å²) in [5.74, 6) is 0.412. The molecule has 0 radical (unpaired) electrons. The lowest BCUT2D eigenvalue weighted by atomic mass is 9.92. The van der Waals surface area contributed by atoms with Crippen LogP contribution in [0.2, 0.25) is 0 Å². The molecule has 1 saturated heterocycles. The van der Waals surface area contributed by atoms with Gasteiger partial charge in [0, 0.05) is 6.54 Å². The lowest BCUT2D eigenvalue weighted by molar-refractivity contribution is -0.131. The standard InChI is InChI=1S/C15H21N3O3/c1-15(11-6-5-7-12(10-11)21-2)13(19)18(14(20)17-15)9-4-3-8-16/h5-7,10H,3-4,8-9,16H2,1-2H3,(H,17,20). The minimum atomic E-state index is -1.05. The monoisotopic (exact) mass is 291 g/mol. The number of nitrogens with one attached hydrogen (secondary N) is 1. The zero-order valence-electron chi connectivity index (χ0n) is 12.4. The molecule has 0 spiro atoms. The molecular weight excluding hydrogens is 270 g/mol. The van der Waals surface area contributed by atoms with Gasteiger partial charge in [0.1, 0.15) is 11.3 Å². The summed E-state index contributed by atoms with van der Waals surface area (Å²) in [5, 5.41) is 2.78. The Morgan fingerprint density at radius 1 is 1.33 bits per heavy atom. The number of methoxy groups -OCH3 is 1. The Balaban J connectivity index is 2.22. The maximum absolute atomic E-state index is 12.6. The summed E-state index contributed by atoms with van der Waals surface area (Å²) in [6.45, 7) is 2.66. The molecule has 114 valence electrons. The quantitative estimate of drug-likeness (QED) is 0.609. The summed E-state index contributed by atoms with van der Waals surface area (Å²) >= 11 is 0. The van der Waals surface area contributed by atoms with E-state index in [4.69, 9.17) is 10.5 Å². The number of carbonyl (C=O) groups is 2. The minimum Gasteiger partial charge on any atom is -0.497 e. The first-order chi connectivity index (χ1) is 10.0. The molecule has 1 aliphatic rings. The number of nitrogens with two attached hydrogens (primary N) is 1. The number of urea groups is 1. The van der Waals surface area contributed by atoms with Crippen molar-refractivity contribution in [3.8, 4) is 5.75 Å². The predicted molar refractivity (Wildman–Crippen MR) is 78.9 cm³/mol. The van der Waals surface area contributed by atoms with Gasteiger partial charge in [0.15, 0.2) is 0 Å². The molecule has 6 heteroatoms. The molecule has 0 bridgehead atoms. The van der Waals surface area contributed by atoms with Crippen molar-refractivity contribution in [3.05, 3.63) is 29.8 Å². The van der Waals surface area contributed by atoms with Crippen LogP contribution in [0.3, 0.4) is 0 Å². The molecule has 2 rings (SSSR count). The fourth-order valence-corrected chi connectivity index (χ4v) is 2.44. The maximum atomic E-state index is 12.6. The SMILES string of the molecule is COc1cccc(C2(C)NC(=O)N(CCCCN)C2=O)c1. The number of benzene rings is 1. The second-order valence-electron chi connectivity index (χ2n) is 5.24. The predicted octanol–water partition coefficient (Wildman–Crippen LogP) is 1.20. The number of nitrogens with zero attached hydrogens (tertiary/aromatic N) is 1. The van der Waals surface area contributed by atoms with E-state index in [1.54, 1.807) is 32.2 Å². The van der Waals surface area contributed by atoms with Gasteiger partial charge in [0.05, 0.1) is 7.11 Å². The van der Waals surface area contributed by atoms with Crippen LogP contribution >= 0.6 is 0 Å². The van der Waals surface area contributed by atoms with Gasteiger partial charge in [-0.15, -0.1) is 0 Å². The fourth-order valence-electron chi connectivity index (χ4n) is 2.44. The number of hydrogen-bond acceptors (Lipinski definition) is 4. The summed E-state index contributed by atoms with van der Waals surface area (Å²) in [6.07, 6.45) is 1.50. The number of unbranched alkanes of at least 4 members (excludes halogenated alkanes) is 1. The Labute approximate surface area is 124 Å². The third kappa shape index (κ3) is 2.85. The highest BCUT2D eigenvalue weighted by molar-refractivity contribution is 6.07. The van der Waals surface area contributed by atoms with Crippen LogP contribution < -0.4 is 15.8 Å². The highest BCUT2D eigenvalue weighted by Crippen LogP contribution is 2.30. The summed E-state index contributed by atoms with van der Waals surface area (Å²) < 4.78 is 5.18. The van der Waals surface area contributed by atoms with Gasteiger partial charge < -0.3 is 15.8 Å². The molecule has 0 saturated carbocycles. The lowest BCUT2D eigenvalue weighted by Gasteiger charge is -2.22. The second kappa shape index (κ2) is 6.13. The van der Waals surface area contributed by atoms with Crippen molar-refractivity contribution in [1.82, 2.24) is 10.2 Å². The molecule has 1 heterocycles. The summed E-state index contributed by atoms with van der Waals surface area (Å²) in [5.41, 5.74) is 5.10. The van der Waals surface area contributed by atoms with Crippen molar-refractivity contribution in [2.24, 2.45) is 5.73 Å². The highest BCUT2D eigenvalue weighted by Gasteiger charge is 2.48. The third-order valence-corrected chi connectivity index (χ3v) is 3.76. The van der Waals surface area contributed by atoms with E-state index in [-0.39, 0.29) is 11.9 Å². The van der Waals surface area contributed by atoms with Crippen LogP contribution in [0.4, 0.5) is 4.79 Å². The molecule has 21 heavy (non-hydrogen) atoms. The van der Waals surface area contributed by atoms with Gasteiger partial charge in [-0.05, 0) is 44.0 Å². The first kappa shape index (κ1) is 15.3. The number of carbonyl (C=O) groups excluding carboxylic acids is 2. The number of hydrogen-bond donors (Lipinski definition) is 2. The van der Waals surface area contributed by atoms with Crippen LogP contribution in [0.15, 0.2) is 24.3 Å². The van der Waals surface area contributed by atoms with Gasteiger partial charge in [-0.3, -0.25) is 9.69 Å². The highest BCUT2D eigenvalue weighted by atomic mass is 16.5. The van der Waals surface area contributed by atoms with E-state index in [0.29, 0.717) is 30.8 Å². The van der Waals surface area contributed by atoms with E-state index < -0.39 is 5.54 Å². The van der Waals surface area contributed by atoms with Gasteiger partial charge in [-0.25, -0.2) is 4.79 Å². The van der Waals surface area contributed by atoms with Crippen molar-refractivity contribution >= 4 is 11.9 Å². The molecule has 0 aliphatic carbocycles. The Morgan fingerprint density at radius 3 is 2.76 bits per heavy atom. The van der Waals surface area contributed by atoms with Crippen molar-refractivity contribution in [1.29, 1.82) is 0 Å². The molecule has 0 aromatic heterocycles. The van der Waals surface area contributed by atoms with Crippen LogP contribution in [0.25, 0.3) is 0 Å². The largest absolute Gasteiger partial charge is 0.497 e. The topological polar surface area (TPSA) is 84.7 Å². The summed E-state index contributed by atoms with van der Waals surface area (Å²) in [4.78, 5) is 25.9. The van der Waals surface area contributed by atoms with Crippen molar-refractivity contribution in [3.63, 3.8) is 0 Å². The molecular formula is C15H21N3O3. The van der Waals surface area contributed by atoms with E-state index in [1.165, 1.54) is 4.90 Å². The third-order valence-electron chi connectivity index (χ3n) is 3.76. The van der Waals surface area contributed by atoms with Gasteiger partial charge in [0.25, 0.3) is 5.91 Å². The smallest absolute Gasteiger partial charge is 0.325 e. The number of imide groups is 1. The van der Waals surface area contributed by atoms with Crippen molar-refractivity contribution < 1.29 is 14.3 Å². The minimum absolute atomic E-state index is 0.238. The zero-order valence-corrected chi connectivity index (χ0v) is 12.4. The second-order valence-corrected chi connectivity index (χ2v) is 5.24. The van der Waals surface area contributed by atoms with Crippen molar-refractivity contribution in [2.45, 2.75) is 25.3 Å². The molecule has 1 aromatic carbocycles. The zero-order chi connectivity index (χ0) is 15.5. The Bertz CT molecular complexity index is 547. The Kier molecular flexibility index (Phi) is 4.47. The number of rotatable bonds is 6. The molecule has 1 unspecified atom stereocenters. The fraction of sp³-hybridized carbons (Fsp3) is 0.467. The van der Waals surface area contributed by atoms with Crippen LogP contribution in [0, 0.1) is 0 Å². The van der Waals surface area contributed by atoms with Gasteiger partial charge in [-0.2, -0.15) is 0 Å². The van der Waals surface area contributed by atoms with E-state index >= 15 is 0 Å². The van der Waals surface area contributed by atoms with E-state index in [9.17, 15) is 9.59 Å². The molecule has 1 aliphatic heterocycles. The van der Waals surface area contributed by atoms with E-state index in [1.807, 2.05) is 6.07 Å². The molecule has 3 N–H and O–H groups in total. The average molecular weight is 291 g/mol. The molecule has 3 amide bonds. The Morgan fingerprint density at radius 2 is 2.10 bits per heavy atom. The first-order valence-corrected chi connectivity index (χ1v) is 7.01. The Hall–Kier alpha value is -2.08.